The Morgan fingerprint density at radius 1 is 0.800 bits per heavy atom. The van der Waals surface area contributed by atoms with E-state index >= 15 is 0 Å². The van der Waals surface area contributed by atoms with Crippen molar-refractivity contribution in [3.05, 3.63) is 95.6 Å². The standard InChI is InChI=1S/C30H36BNO3/c1-29(2)30(3,4)35-31(34-29)26-16-12-24(13-17-26)28(22-23-10-8-7-9-11-23)25-14-18-27(19-15-25)33-21-20-32(5)6/h7-19,22H,20-21H2,1-6H3/b28-22-. The van der Waals surface area contributed by atoms with Crippen molar-refractivity contribution in [2.75, 3.05) is 27.2 Å². The molecule has 1 aliphatic heterocycles. The lowest BCUT2D eigenvalue weighted by Gasteiger charge is -2.32. The quantitative estimate of drug-likeness (QED) is 0.321. The van der Waals surface area contributed by atoms with Crippen molar-refractivity contribution in [1.29, 1.82) is 0 Å². The molecule has 1 aliphatic rings. The minimum absolute atomic E-state index is 0.356. The van der Waals surface area contributed by atoms with Crippen LogP contribution in [0, 0.1) is 0 Å². The summed E-state index contributed by atoms with van der Waals surface area (Å²) in [6, 6.07) is 27.3. The van der Waals surface area contributed by atoms with Crippen LogP contribution in [0.3, 0.4) is 0 Å². The van der Waals surface area contributed by atoms with Crippen LogP contribution in [0.5, 0.6) is 5.75 Å². The van der Waals surface area contributed by atoms with Gasteiger partial charge in [0.05, 0.1) is 11.2 Å². The molecule has 0 saturated carbocycles. The molecule has 5 heteroatoms. The average molecular weight is 469 g/mol. The number of ether oxygens (including phenoxy) is 1. The first kappa shape index (κ1) is 25.2. The predicted octanol–water partition coefficient (Wildman–Crippen LogP) is 5.52. The first-order valence-electron chi connectivity index (χ1n) is 12.3. The minimum Gasteiger partial charge on any atom is -0.492 e. The molecule has 3 aromatic carbocycles. The predicted molar refractivity (Wildman–Crippen MR) is 146 cm³/mol. The third-order valence-electron chi connectivity index (χ3n) is 6.83. The summed E-state index contributed by atoms with van der Waals surface area (Å²) < 4.78 is 18.4. The number of likely N-dealkylation sites (N-methyl/N-ethyl adjacent to an activating group) is 1. The first-order chi connectivity index (χ1) is 16.6. The summed E-state index contributed by atoms with van der Waals surface area (Å²) in [6.07, 6.45) is 2.23. The highest BCUT2D eigenvalue weighted by molar-refractivity contribution is 6.62. The minimum atomic E-state index is -0.366. The highest BCUT2D eigenvalue weighted by atomic mass is 16.7. The highest BCUT2D eigenvalue weighted by Gasteiger charge is 2.51. The van der Waals surface area contributed by atoms with Gasteiger partial charge in [0.25, 0.3) is 0 Å². The maximum Gasteiger partial charge on any atom is 0.494 e. The van der Waals surface area contributed by atoms with Crippen molar-refractivity contribution in [3.63, 3.8) is 0 Å². The third-order valence-corrected chi connectivity index (χ3v) is 6.83. The molecular formula is C30H36BNO3. The van der Waals surface area contributed by atoms with Crippen LogP contribution in [-0.4, -0.2) is 50.5 Å². The van der Waals surface area contributed by atoms with Crippen LogP contribution in [0.2, 0.25) is 0 Å². The van der Waals surface area contributed by atoms with Crippen molar-refractivity contribution in [2.45, 2.75) is 38.9 Å². The second kappa shape index (κ2) is 10.4. The molecule has 0 spiro atoms. The lowest BCUT2D eigenvalue weighted by atomic mass is 9.78. The van der Waals surface area contributed by atoms with E-state index in [0.717, 1.165) is 40.0 Å². The van der Waals surface area contributed by atoms with E-state index in [1.165, 1.54) is 0 Å². The summed E-state index contributed by atoms with van der Waals surface area (Å²) in [5.41, 5.74) is 4.89. The molecule has 0 aliphatic carbocycles. The lowest BCUT2D eigenvalue weighted by molar-refractivity contribution is 0.00578. The van der Waals surface area contributed by atoms with Crippen molar-refractivity contribution in [1.82, 2.24) is 4.90 Å². The molecule has 3 aromatic rings. The molecule has 4 nitrogen and oxygen atoms in total. The Balaban J connectivity index is 1.60. The molecule has 182 valence electrons. The second-order valence-electron chi connectivity index (χ2n) is 10.4. The van der Waals surface area contributed by atoms with Gasteiger partial charge in [0, 0.05) is 6.54 Å². The van der Waals surface area contributed by atoms with Gasteiger partial charge < -0.3 is 18.9 Å². The zero-order valence-electron chi connectivity index (χ0n) is 21.7. The van der Waals surface area contributed by atoms with E-state index in [9.17, 15) is 0 Å². The molecule has 0 radical (unpaired) electrons. The zero-order chi connectivity index (χ0) is 25.1. The van der Waals surface area contributed by atoms with Gasteiger partial charge in [-0.1, -0.05) is 66.7 Å². The molecule has 0 unspecified atom stereocenters. The first-order valence-corrected chi connectivity index (χ1v) is 12.3. The largest absolute Gasteiger partial charge is 0.494 e. The van der Waals surface area contributed by atoms with Gasteiger partial charge >= 0.3 is 7.12 Å². The summed E-state index contributed by atoms with van der Waals surface area (Å²) in [4.78, 5) is 2.11. The smallest absolute Gasteiger partial charge is 0.492 e. The fourth-order valence-electron chi connectivity index (χ4n) is 3.93. The summed E-state index contributed by atoms with van der Waals surface area (Å²) >= 11 is 0. The molecule has 0 atom stereocenters. The van der Waals surface area contributed by atoms with Gasteiger partial charge in [-0.15, -0.1) is 0 Å². The monoisotopic (exact) mass is 469 g/mol. The van der Waals surface area contributed by atoms with E-state index in [2.05, 4.69) is 99.3 Å². The van der Waals surface area contributed by atoms with E-state index in [4.69, 9.17) is 14.0 Å². The molecule has 1 heterocycles. The van der Waals surface area contributed by atoms with E-state index in [-0.39, 0.29) is 18.3 Å². The molecule has 0 bridgehead atoms. The maximum atomic E-state index is 6.24. The van der Waals surface area contributed by atoms with Crippen molar-refractivity contribution in [3.8, 4) is 5.75 Å². The molecule has 35 heavy (non-hydrogen) atoms. The third kappa shape index (κ3) is 6.05. The van der Waals surface area contributed by atoms with Crippen LogP contribution in [0.15, 0.2) is 78.9 Å². The number of rotatable bonds is 8. The summed E-state index contributed by atoms with van der Waals surface area (Å²) in [5, 5.41) is 0. The van der Waals surface area contributed by atoms with Crippen molar-refractivity contribution >= 4 is 24.2 Å². The molecule has 1 saturated heterocycles. The average Bonchev–Trinajstić information content (AvgIpc) is 3.05. The van der Waals surface area contributed by atoms with Crippen molar-refractivity contribution < 1.29 is 14.0 Å². The molecule has 0 aromatic heterocycles. The Morgan fingerprint density at radius 3 is 1.89 bits per heavy atom. The van der Waals surface area contributed by atoms with E-state index in [1.807, 2.05) is 32.3 Å². The second-order valence-corrected chi connectivity index (χ2v) is 10.4. The van der Waals surface area contributed by atoms with E-state index < -0.39 is 0 Å². The van der Waals surface area contributed by atoms with Gasteiger partial charge in [-0.05, 0) is 87.7 Å². The fraction of sp³-hybridized carbons (Fsp3) is 0.333. The molecule has 4 rings (SSSR count). The molecule has 1 fully saturated rings. The van der Waals surface area contributed by atoms with Gasteiger partial charge in [-0.2, -0.15) is 0 Å². The van der Waals surface area contributed by atoms with Crippen LogP contribution in [0.4, 0.5) is 0 Å². The lowest BCUT2D eigenvalue weighted by Crippen LogP contribution is -2.41. The number of benzene rings is 3. The van der Waals surface area contributed by atoms with Crippen LogP contribution in [0.1, 0.15) is 44.4 Å². The van der Waals surface area contributed by atoms with Gasteiger partial charge in [-0.25, -0.2) is 0 Å². The molecule has 0 amide bonds. The Bertz CT molecular complexity index is 1120. The topological polar surface area (TPSA) is 30.9 Å². The van der Waals surface area contributed by atoms with Gasteiger partial charge in [0.1, 0.15) is 12.4 Å². The van der Waals surface area contributed by atoms with E-state index in [0.29, 0.717) is 6.61 Å². The summed E-state index contributed by atoms with van der Waals surface area (Å²) in [6.45, 7) is 9.87. The van der Waals surface area contributed by atoms with E-state index in [1.54, 1.807) is 0 Å². The zero-order valence-corrected chi connectivity index (χ0v) is 21.7. The van der Waals surface area contributed by atoms with Crippen LogP contribution in [0.25, 0.3) is 11.6 Å². The maximum absolute atomic E-state index is 6.24. The Kier molecular flexibility index (Phi) is 7.51. The Morgan fingerprint density at radius 2 is 1.34 bits per heavy atom. The fourth-order valence-corrected chi connectivity index (χ4v) is 3.93. The normalized spacial score (nSPS) is 17.1. The summed E-state index contributed by atoms with van der Waals surface area (Å²) in [7, 11) is 3.73. The number of hydrogen-bond donors (Lipinski definition) is 0. The Labute approximate surface area is 210 Å². The van der Waals surface area contributed by atoms with Gasteiger partial charge in [0.2, 0.25) is 0 Å². The number of nitrogens with zero attached hydrogens (tertiary/aromatic N) is 1. The summed E-state index contributed by atoms with van der Waals surface area (Å²) in [5.74, 6) is 0.880. The van der Waals surface area contributed by atoms with Crippen LogP contribution in [-0.2, 0) is 9.31 Å². The number of hydrogen-bond acceptors (Lipinski definition) is 4. The highest BCUT2D eigenvalue weighted by Crippen LogP contribution is 2.36. The molecule has 0 N–H and O–H groups in total. The SMILES string of the molecule is CN(C)CCOc1ccc(/C(=C\c2ccccc2)c2ccc(B3OC(C)(C)C(C)(C)O3)cc2)cc1. The Hall–Kier alpha value is -2.86. The molecular weight excluding hydrogens is 433 g/mol. The van der Waals surface area contributed by atoms with Crippen LogP contribution < -0.4 is 10.2 Å². The van der Waals surface area contributed by atoms with Gasteiger partial charge in [-0.3, -0.25) is 0 Å². The van der Waals surface area contributed by atoms with Crippen molar-refractivity contribution in [2.24, 2.45) is 0 Å². The van der Waals surface area contributed by atoms with Gasteiger partial charge in [0.15, 0.2) is 0 Å². The van der Waals surface area contributed by atoms with Crippen LogP contribution >= 0.6 is 0 Å².